The molecule has 0 aliphatic rings. The Morgan fingerprint density at radius 3 is 2.35 bits per heavy atom. The zero-order chi connectivity index (χ0) is 14.1. The van der Waals surface area contributed by atoms with Crippen LogP contribution in [-0.4, -0.2) is 9.97 Å². The number of hydrogen-bond acceptors (Lipinski definition) is 1. The second kappa shape index (κ2) is 5.54. The van der Waals surface area contributed by atoms with Crippen LogP contribution in [0.4, 0.5) is 0 Å². The molecule has 100 valence electrons. The maximum Gasteiger partial charge on any atom is 0.139 e. The van der Waals surface area contributed by atoms with Gasteiger partial charge in [0.05, 0.1) is 5.69 Å². The van der Waals surface area contributed by atoms with Gasteiger partial charge in [-0.1, -0.05) is 62.2 Å². The highest BCUT2D eigenvalue weighted by molar-refractivity contribution is 9.10. The number of nitrogens with one attached hydrogen (secondary N) is 1. The smallest absolute Gasteiger partial charge is 0.139 e. The van der Waals surface area contributed by atoms with E-state index in [9.17, 15) is 0 Å². The van der Waals surface area contributed by atoms with Gasteiger partial charge < -0.3 is 4.98 Å². The van der Waals surface area contributed by atoms with Crippen molar-refractivity contribution >= 4 is 31.9 Å². The number of aryl methyl sites for hydroxylation is 1. The van der Waals surface area contributed by atoms with Gasteiger partial charge in [-0.3, -0.25) is 0 Å². The molecular weight excluding hydrogens is 380 g/mol. The van der Waals surface area contributed by atoms with E-state index in [2.05, 4.69) is 49.0 Å². The lowest BCUT2D eigenvalue weighted by molar-refractivity contribution is 1.25. The fraction of sp³-hybridized carbons (Fsp3) is 0.0625. The van der Waals surface area contributed by atoms with Crippen LogP contribution in [0.3, 0.4) is 0 Å². The van der Waals surface area contributed by atoms with E-state index >= 15 is 0 Å². The second-order valence-corrected chi connectivity index (χ2v) is 6.32. The number of aromatic nitrogens is 2. The quantitative estimate of drug-likeness (QED) is 0.607. The highest BCUT2D eigenvalue weighted by Crippen LogP contribution is 2.30. The minimum atomic E-state index is 0.882. The molecule has 0 saturated carbocycles. The van der Waals surface area contributed by atoms with Crippen LogP contribution >= 0.6 is 31.9 Å². The molecule has 0 saturated heterocycles. The van der Waals surface area contributed by atoms with Gasteiger partial charge in [0, 0.05) is 25.8 Å². The Balaban J connectivity index is 2.08. The lowest BCUT2D eigenvalue weighted by Crippen LogP contribution is -1.82. The van der Waals surface area contributed by atoms with Gasteiger partial charge in [0.15, 0.2) is 0 Å². The molecule has 3 rings (SSSR count). The minimum absolute atomic E-state index is 0.882. The number of imidazole rings is 1. The molecule has 0 bridgehead atoms. The van der Waals surface area contributed by atoms with Crippen LogP contribution in [0.2, 0.25) is 0 Å². The largest absolute Gasteiger partial charge is 0.342 e. The maximum atomic E-state index is 4.74. The molecule has 3 aromatic rings. The number of aromatic amines is 1. The highest BCUT2D eigenvalue weighted by atomic mass is 79.9. The van der Waals surface area contributed by atoms with Gasteiger partial charge in [0.25, 0.3) is 0 Å². The Morgan fingerprint density at radius 1 is 0.950 bits per heavy atom. The summed E-state index contributed by atoms with van der Waals surface area (Å²) in [7, 11) is 0. The second-order valence-electron chi connectivity index (χ2n) is 4.55. The summed E-state index contributed by atoms with van der Waals surface area (Å²) in [5.74, 6) is 0.882. The third-order valence-corrected chi connectivity index (χ3v) is 4.35. The summed E-state index contributed by atoms with van der Waals surface area (Å²) in [5.41, 5.74) is 4.24. The third kappa shape index (κ3) is 2.58. The molecule has 0 amide bonds. The zero-order valence-electron chi connectivity index (χ0n) is 10.8. The van der Waals surface area contributed by atoms with Crippen LogP contribution in [-0.2, 0) is 0 Å². The molecule has 0 unspecified atom stereocenters. The monoisotopic (exact) mass is 390 g/mol. The molecule has 2 nitrogen and oxygen atoms in total. The number of hydrogen-bond donors (Lipinski definition) is 1. The molecule has 0 radical (unpaired) electrons. The number of H-pyrrole nitrogens is 1. The number of rotatable bonds is 2. The van der Waals surface area contributed by atoms with Crippen LogP contribution in [0.5, 0.6) is 0 Å². The molecular formula is C16H12Br2N2. The minimum Gasteiger partial charge on any atom is -0.342 e. The van der Waals surface area contributed by atoms with Gasteiger partial charge in [0.1, 0.15) is 5.82 Å². The predicted octanol–water partition coefficient (Wildman–Crippen LogP) is 5.58. The molecule has 1 aromatic heterocycles. The standard InChI is InChI=1S/C16H12Br2N2/c1-10-15(11-6-8-12(17)9-7-11)20-16(19-10)13-4-2-3-5-14(13)18/h2-9H,1H3,(H,19,20). The van der Waals surface area contributed by atoms with E-state index < -0.39 is 0 Å². The summed E-state index contributed by atoms with van der Waals surface area (Å²) in [6, 6.07) is 16.3. The molecule has 20 heavy (non-hydrogen) atoms. The van der Waals surface area contributed by atoms with Crippen molar-refractivity contribution in [1.29, 1.82) is 0 Å². The molecule has 0 fully saturated rings. The fourth-order valence-corrected chi connectivity index (χ4v) is 2.87. The van der Waals surface area contributed by atoms with Gasteiger partial charge in [0.2, 0.25) is 0 Å². The van der Waals surface area contributed by atoms with E-state index in [1.165, 1.54) is 0 Å². The van der Waals surface area contributed by atoms with Crippen molar-refractivity contribution in [1.82, 2.24) is 9.97 Å². The number of halogens is 2. The molecule has 0 atom stereocenters. The van der Waals surface area contributed by atoms with Crippen LogP contribution in [0, 0.1) is 6.92 Å². The average Bonchev–Trinajstić information content (AvgIpc) is 2.82. The summed E-state index contributed by atoms with van der Waals surface area (Å²) in [5, 5.41) is 0. The topological polar surface area (TPSA) is 28.7 Å². The van der Waals surface area contributed by atoms with Crippen molar-refractivity contribution in [3.05, 3.63) is 63.2 Å². The van der Waals surface area contributed by atoms with E-state index in [0.29, 0.717) is 0 Å². The Labute approximate surface area is 134 Å². The molecule has 0 aliphatic heterocycles. The summed E-state index contributed by atoms with van der Waals surface area (Å²) in [6.45, 7) is 2.05. The molecule has 1 N–H and O–H groups in total. The first-order valence-corrected chi connectivity index (χ1v) is 7.81. The Morgan fingerprint density at radius 2 is 1.65 bits per heavy atom. The van der Waals surface area contributed by atoms with Crippen molar-refractivity contribution in [2.24, 2.45) is 0 Å². The van der Waals surface area contributed by atoms with Crippen LogP contribution in [0.25, 0.3) is 22.6 Å². The molecule has 2 aromatic carbocycles. The Bertz CT molecular complexity index is 745. The van der Waals surface area contributed by atoms with Gasteiger partial charge in [-0.05, 0) is 25.1 Å². The van der Waals surface area contributed by atoms with Crippen LogP contribution in [0.1, 0.15) is 5.69 Å². The van der Waals surface area contributed by atoms with E-state index in [4.69, 9.17) is 4.98 Å². The van der Waals surface area contributed by atoms with E-state index in [0.717, 1.165) is 37.3 Å². The van der Waals surface area contributed by atoms with Gasteiger partial charge in [-0.2, -0.15) is 0 Å². The third-order valence-electron chi connectivity index (χ3n) is 3.13. The first-order chi connectivity index (χ1) is 9.65. The normalized spacial score (nSPS) is 10.8. The fourth-order valence-electron chi connectivity index (χ4n) is 2.13. The Kier molecular flexibility index (Phi) is 3.76. The number of benzene rings is 2. The van der Waals surface area contributed by atoms with Crippen LogP contribution in [0.15, 0.2) is 57.5 Å². The first-order valence-electron chi connectivity index (χ1n) is 6.22. The lowest BCUT2D eigenvalue weighted by atomic mass is 10.1. The molecule has 4 heteroatoms. The number of nitrogens with zero attached hydrogens (tertiary/aromatic N) is 1. The first kappa shape index (κ1) is 13.6. The van der Waals surface area contributed by atoms with Crippen molar-refractivity contribution in [3.8, 4) is 22.6 Å². The summed E-state index contributed by atoms with van der Waals surface area (Å²) >= 11 is 7.02. The van der Waals surface area contributed by atoms with Crippen molar-refractivity contribution in [2.45, 2.75) is 6.92 Å². The van der Waals surface area contributed by atoms with E-state index in [-0.39, 0.29) is 0 Å². The summed E-state index contributed by atoms with van der Waals surface area (Å²) in [4.78, 5) is 8.10. The average molecular weight is 392 g/mol. The predicted molar refractivity (Wildman–Crippen MR) is 89.6 cm³/mol. The SMILES string of the molecule is Cc1[nH]c(-c2ccccc2Br)nc1-c1ccc(Br)cc1. The molecule has 0 aliphatic carbocycles. The summed E-state index contributed by atoms with van der Waals surface area (Å²) < 4.78 is 2.11. The van der Waals surface area contributed by atoms with E-state index in [1.54, 1.807) is 0 Å². The zero-order valence-corrected chi connectivity index (χ0v) is 14.0. The van der Waals surface area contributed by atoms with Crippen molar-refractivity contribution < 1.29 is 0 Å². The lowest BCUT2D eigenvalue weighted by Gasteiger charge is -1.99. The molecule has 1 heterocycles. The molecule has 0 spiro atoms. The van der Waals surface area contributed by atoms with Gasteiger partial charge in [-0.25, -0.2) is 4.98 Å². The summed E-state index contributed by atoms with van der Waals surface area (Å²) in [6.07, 6.45) is 0. The van der Waals surface area contributed by atoms with Gasteiger partial charge in [-0.15, -0.1) is 0 Å². The van der Waals surface area contributed by atoms with Crippen molar-refractivity contribution in [3.63, 3.8) is 0 Å². The maximum absolute atomic E-state index is 4.74. The van der Waals surface area contributed by atoms with Gasteiger partial charge >= 0.3 is 0 Å². The van der Waals surface area contributed by atoms with Crippen LogP contribution < -0.4 is 0 Å². The van der Waals surface area contributed by atoms with Crippen molar-refractivity contribution in [2.75, 3.05) is 0 Å². The Hall–Kier alpha value is -1.39. The highest BCUT2D eigenvalue weighted by Gasteiger charge is 2.12. The van der Waals surface area contributed by atoms with E-state index in [1.807, 2.05) is 43.3 Å².